The SMILES string of the molecule is CCCC[C@@H](NC(=O)c1ccc(-c2nc(C3CCOCC3)cnc2N)cc1F)c1cccc(Br)c1.CCC[C@@H](NC(=O)c1ccc(-c2nc(C3CCC(OC)CC3)cnc2N)cc1F)c1cccc(Cl)c1.CNC[C@@H](NC(=O)c1ccc(-c2nc(C3CCC(O)CC3)cnc2N)cc1F)c1cccc(Cl)c1.Nc1ncc(C2CCC(O)CC2)nc1-c1ccc(C(=O)NCc2cccc(Cl)n2)c(F)c1. The fraction of sp³-hybridized carbons (Fsp3) is 0.356. The van der Waals surface area contributed by atoms with Crippen LogP contribution in [-0.2, 0) is 16.0 Å². The van der Waals surface area contributed by atoms with E-state index in [0.717, 1.165) is 147 Å². The smallest absolute Gasteiger partial charge is 0.254 e. The minimum atomic E-state index is -0.688. The number of nitrogen functional groups attached to an aromatic ring is 4. The van der Waals surface area contributed by atoms with E-state index in [0.29, 0.717) is 105 Å². The molecule has 4 aliphatic rings. The van der Waals surface area contributed by atoms with E-state index in [1.54, 1.807) is 106 Å². The Bertz CT molecular complexity index is 6210. The second-order valence-electron chi connectivity index (χ2n) is 34.9. The number of likely N-dealkylation sites (N-methyl/N-ethyl adjacent to an activating group) is 1. The van der Waals surface area contributed by atoms with Crippen molar-refractivity contribution in [1.82, 2.24) is 71.4 Å². The Kier molecular flexibility index (Phi) is 37.4. The highest BCUT2D eigenvalue weighted by Crippen LogP contribution is 2.40. The Morgan fingerprint density at radius 1 is 0.442 bits per heavy atom. The van der Waals surface area contributed by atoms with Crippen molar-refractivity contribution in [3.05, 3.63) is 299 Å². The molecule has 3 atom stereocenters. The number of carbonyl (C=O) groups is 4. The van der Waals surface area contributed by atoms with Crippen LogP contribution >= 0.6 is 50.7 Å². The summed E-state index contributed by atoms with van der Waals surface area (Å²) < 4.78 is 72.1. The van der Waals surface area contributed by atoms with Gasteiger partial charge in [0.25, 0.3) is 23.6 Å². The van der Waals surface area contributed by atoms with Gasteiger partial charge in [0.15, 0.2) is 0 Å². The molecule has 34 heteroatoms. The molecule has 6 heterocycles. The number of rotatable bonds is 28. The fourth-order valence-corrected chi connectivity index (χ4v) is 18.5. The molecule has 0 radical (unpaired) electrons. The number of ether oxygens (including phenoxy) is 2. The van der Waals surface area contributed by atoms with Crippen molar-refractivity contribution in [2.45, 2.75) is 202 Å². The third kappa shape index (κ3) is 27.9. The zero-order valence-corrected chi connectivity index (χ0v) is 81.0. The number of aliphatic hydroxyl groups is 2. The highest BCUT2D eigenvalue weighted by Gasteiger charge is 2.31. The molecule has 26 nitrogen and oxygen atoms in total. The van der Waals surface area contributed by atoms with E-state index in [1.165, 1.54) is 48.5 Å². The van der Waals surface area contributed by atoms with Gasteiger partial charge in [0.2, 0.25) is 0 Å². The maximum Gasteiger partial charge on any atom is 0.254 e. The average molecular weight is 2010 g/mol. The molecule has 7 aromatic carbocycles. The number of aliphatic hydroxyl groups excluding tert-OH is 2. The van der Waals surface area contributed by atoms with Crippen molar-refractivity contribution >= 4 is 97.6 Å². The number of nitrogens with one attached hydrogen (secondary N) is 5. The van der Waals surface area contributed by atoms with Gasteiger partial charge in [-0.25, -0.2) is 62.4 Å². The summed E-state index contributed by atoms with van der Waals surface area (Å²) in [6.07, 6.45) is 22.4. The van der Waals surface area contributed by atoms with Crippen molar-refractivity contribution < 1.29 is 56.4 Å². The minimum Gasteiger partial charge on any atom is -0.393 e. The van der Waals surface area contributed by atoms with Gasteiger partial charge >= 0.3 is 0 Å². The quantitative estimate of drug-likeness (QED) is 0.0160. The van der Waals surface area contributed by atoms with E-state index in [-0.39, 0.29) is 106 Å². The van der Waals surface area contributed by atoms with Crippen LogP contribution in [0.5, 0.6) is 0 Å². The second kappa shape index (κ2) is 50.0. The zero-order valence-electron chi connectivity index (χ0n) is 77.1. The molecule has 16 rings (SSSR count). The first-order valence-electron chi connectivity index (χ1n) is 46.5. The molecule has 0 unspecified atom stereocenters. The van der Waals surface area contributed by atoms with Crippen LogP contribution in [0, 0.1) is 23.3 Å². The third-order valence-corrected chi connectivity index (χ3v) is 26.4. The first kappa shape index (κ1) is 103. The van der Waals surface area contributed by atoms with Crippen molar-refractivity contribution in [3.8, 4) is 45.0 Å². The van der Waals surface area contributed by atoms with Gasteiger partial charge in [-0.15, -0.1) is 0 Å². The van der Waals surface area contributed by atoms with E-state index in [2.05, 4.69) is 84.3 Å². The molecule has 3 saturated carbocycles. The predicted molar refractivity (Wildman–Crippen MR) is 533 cm³/mol. The number of nitrogens with two attached hydrogens (primary N) is 4. The molecule has 4 amide bonds. The summed E-state index contributed by atoms with van der Waals surface area (Å²) in [5.74, 6) is -2.98. The average Bonchev–Trinajstić information content (AvgIpc) is 0.809. The first-order chi connectivity index (χ1) is 66.6. The van der Waals surface area contributed by atoms with E-state index < -0.39 is 52.9 Å². The van der Waals surface area contributed by atoms with Crippen LogP contribution in [0.25, 0.3) is 45.0 Å². The van der Waals surface area contributed by atoms with Crippen LogP contribution in [0.1, 0.15) is 264 Å². The molecule has 0 spiro atoms. The Balaban J connectivity index is 0.000000155. The van der Waals surface area contributed by atoms with Crippen molar-refractivity contribution in [1.29, 1.82) is 0 Å². The number of benzene rings is 7. The molecule has 3 aliphatic carbocycles. The van der Waals surface area contributed by atoms with Gasteiger partial charge in [-0.3, -0.25) is 19.2 Å². The number of amides is 4. The monoisotopic (exact) mass is 2000 g/mol. The number of pyridine rings is 1. The van der Waals surface area contributed by atoms with Gasteiger partial charge in [0, 0.05) is 87.3 Å². The number of nitrogens with zero attached hydrogens (tertiary/aromatic N) is 9. The number of unbranched alkanes of at least 4 members (excludes halogenated alkanes) is 1. The second-order valence-corrected chi connectivity index (χ2v) is 37.0. The lowest BCUT2D eigenvalue weighted by Gasteiger charge is -2.27. The van der Waals surface area contributed by atoms with Gasteiger partial charge in [0.1, 0.15) is 74.5 Å². The summed E-state index contributed by atoms with van der Waals surface area (Å²) in [5.41, 5.74) is 34.0. The molecular weight excluding hydrogens is 1890 g/mol. The summed E-state index contributed by atoms with van der Waals surface area (Å²) in [4.78, 5) is 91.4. The van der Waals surface area contributed by atoms with E-state index in [1.807, 2.05) is 55.5 Å². The maximum absolute atomic E-state index is 15.2. The summed E-state index contributed by atoms with van der Waals surface area (Å²) >= 11 is 21.6. The Labute approximate surface area is 823 Å². The van der Waals surface area contributed by atoms with Gasteiger partial charge in [0.05, 0.1) is 118 Å². The van der Waals surface area contributed by atoms with Crippen LogP contribution in [0.15, 0.2) is 193 Å². The van der Waals surface area contributed by atoms with Crippen molar-refractivity contribution in [3.63, 3.8) is 0 Å². The number of hydrogen-bond donors (Lipinski definition) is 11. The topological polar surface area (TPSA) is 407 Å². The summed E-state index contributed by atoms with van der Waals surface area (Å²) in [5, 5.41) is 35.5. The van der Waals surface area contributed by atoms with Crippen LogP contribution in [0.2, 0.25) is 15.2 Å². The largest absolute Gasteiger partial charge is 0.393 e. The molecule has 1 saturated heterocycles. The maximum atomic E-state index is 15.2. The van der Waals surface area contributed by atoms with Crippen LogP contribution in [-0.4, -0.2) is 131 Å². The molecule has 12 aromatic rings. The molecule has 5 aromatic heterocycles. The van der Waals surface area contributed by atoms with E-state index >= 15 is 13.2 Å². The fourth-order valence-electron chi connectivity index (χ4n) is 17.5. The van der Waals surface area contributed by atoms with Crippen LogP contribution in [0.4, 0.5) is 40.8 Å². The normalized spacial score (nSPS) is 17.7. The Morgan fingerprint density at radius 3 is 1.17 bits per heavy atom. The highest BCUT2D eigenvalue weighted by atomic mass is 79.9. The lowest BCUT2D eigenvalue weighted by molar-refractivity contribution is 0.0655. The van der Waals surface area contributed by atoms with E-state index in [4.69, 9.17) is 77.2 Å². The Hall–Kier alpha value is -12.0. The minimum absolute atomic E-state index is 0.0163. The number of halogens is 8. The highest BCUT2D eigenvalue weighted by molar-refractivity contribution is 9.10. The number of aromatic nitrogens is 9. The number of hydrogen-bond acceptors (Lipinski definition) is 22. The molecule has 4 fully saturated rings. The van der Waals surface area contributed by atoms with Gasteiger partial charge in [-0.05, 0) is 224 Å². The van der Waals surface area contributed by atoms with Crippen molar-refractivity contribution in [2.24, 2.45) is 0 Å². The predicted octanol–water partition coefficient (Wildman–Crippen LogP) is 20.7. The molecule has 1 aliphatic heterocycles. The van der Waals surface area contributed by atoms with Crippen molar-refractivity contribution in [2.75, 3.05) is 56.9 Å². The summed E-state index contributed by atoms with van der Waals surface area (Å²) in [7, 11) is 3.51. The molecule has 0 bridgehead atoms. The van der Waals surface area contributed by atoms with Gasteiger partial charge in [-0.1, -0.05) is 151 Å². The molecule has 15 N–H and O–H groups in total. The molecule has 138 heavy (non-hydrogen) atoms. The standard InChI is InChI=1S/C28H32ClFN4O2.C27H30BrFN4O2.C26H29ClFN5O2.C23H23ClFN5O2/c1-3-5-24(18-6-4-7-20(29)14-18)34-28(35)22-13-10-19(15-23(22)30)26-27(31)32-16-25(33-26)17-8-11-21(36-2)12-9-17;1-2-3-7-23(18-5-4-6-20(28)14-18)33-27(34)21-9-8-19(15-22(21)29)25-26(30)31-16-24(32-25)17-10-12-35-13-11-17;1-30-13-22(16-3-2-4-18(27)11-16)33-26(35)20-10-7-17(12-21(20)28)24-25(29)31-14-23(32-24)15-5-8-19(34)9-6-15;24-20-3-1-2-15(29-20)11-28-23(32)17-9-6-14(10-18(17)25)21-22(26)27-12-19(30-21)13-4-7-16(31)8-5-13/h4,6-7,10,13-17,21,24H,3,5,8-9,11-12H2,1-2H3,(H2,31,32)(H,34,35);4-6,8-9,14-17,23H,2-3,7,10-13H2,1H3,(H2,30,31)(H,33,34);2-4,7,10-12,14-15,19,22,30,34H,5-6,8-9,13H2,1H3,(H2,29,31)(H,33,35);1-3,6,9-10,12-13,16,31H,4-5,7-8,11H2,(H2,26,27)(H,28,32)/t17?,21?,24-;23-;15?,19?,22-;/m111./s1. The summed E-state index contributed by atoms with van der Waals surface area (Å²) in [6.45, 7) is 6.07. The lowest BCUT2D eigenvalue weighted by atomic mass is 9.85. The van der Waals surface area contributed by atoms with Gasteiger partial charge < -0.3 is 69.2 Å². The molecular formula is C104H114BrCl3F4N18O8. The third-order valence-electron chi connectivity index (χ3n) is 25.2. The number of methoxy groups -OCH3 is 1. The van der Waals surface area contributed by atoms with Crippen LogP contribution in [0.3, 0.4) is 0 Å². The summed E-state index contributed by atoms with van der Waals surface area (Å²) in [6, 6.07) is 44.0. The first-order valence-corrected chi connectivity index (χ1v) is 48.4. The molecule has 724 valence electrons. The van der Waals surface area contributed by atoms with Gasteiger partial charge in [-0.2, -0.15) is 0 Å². The number of carbonyl (C=O) groups excluding carboxylic acids is 4. The number of anilines is 4. The van der Waals surface area contributed by atoms with E-state index in [9.17, 15) is 33.8 Å². The lowest BCUT2D eigenvalue weighted by Crippen LogP contribution is -2.35. The Morgan fingerprint density at radius 2 is 0.804 bits per heavy atom. The van der Waals surface area contributed by atoms with Crippen LogP contribution < -0.4 is 49.5 Å². The zero-order chi connectivity index (χ0) is 98.1.